The minimum absolute atomic E-state index is 0.0988. The number of hydrogen-bond donors (Lipinski definition) is 1. The van der Waals surface area contributed by atoms with Crippen molar-refractivity contribution in [1.29, 1.82) is 0 Å². The van der Waals surface area contributed by atoms with Crippen LogP contribution in [0.3, 0.4) is 0 Å². The van der Waals surface area contributed by atoms with Gasteiger partial charge in [0.05, 0.1) is 18.4 Å². The molecule has 0 unspecified atom stereocenters. The molecule has 0 atom stereocenters. The van der Waals surface area contributed by atoms with Gasteiger partial charge in [-0.3, -0.25) is 19.5 Å². The summed E-state index contributed by atoms with van der Waals surface area (Å²) < 4.78 is 0. The predicted molar refractivity (Wildman–Crippen MR) is 103 cm³/mol. The zero-order chi connectivity index (χ0) is 20.0. The second kappa shape index (κ2) is 6.47. The quantitative estimate of drug-likeness (QED) is 0.717. The molecule has 0 spiro atoms. The van der Waals surface area contributed by atoms with Gasteiger partial charge in [0.2, 0.25) is 0 Å². The molecule has 9 heteroatoms. The van der Waals surface area contributed by atoms with Crippen molar-refractivity contribution in [3.8, 4) is 0 Å². The molecule has 4 heterocycles. The lowest BCUT2D eigenvalue weighted by molar-refractivity contribution is -0.127. The molecule has 1 saturated carbocycles. The number of carbonyl (C=O) groups excluding carboxylic acids is 2. The number of aromatic nitrogens is 5. The molecule has 2 aliphatic heterocycles. The normalized spacial score (nSPS) is 22.4. The highest BCUT2D eigenvalue weighted by atomic mass is 16.2. The molecule has 1 aromatic carbocycles. The minimum Gasteiger partial charge on any atom is -0.336 e. The van der Waals surface area contributed by atoms with Crippen LogP contribution in [0.2, 0.25) is 0 Å². The van der Waals surface area contributed by atoms with E-state index in [0.717, 1.165) is 11.3 Å². The van der Waals surface area contributed by atoms with E-state index in [9.17, 15) is 9.59 Å². The molecule has 3 aliphatic rings. The Morgan fingerprint density at radius 3 is 2.76 bits per heavy atom. The third-order valence-electron chi connectivity index (χ3n) is 5.60. The smallest absolute Gasteiger partial charge is 0.274 e. The molecule has 1 N–H and O–H groups in total. The van der Waals surface area contributed by atoms with Crippen LogP contribution in [0.4, 0.5) is 5.82 Å². The van der Waals surface area contributed by atoms with E-state index in [4.69, 9.17) is 0 Å². The molecule has 0 saturated heterocycles. The number of fused-ring (bicyclic) bond motifs is 1. The number of amides is 2. The Morgan fingerprint density at radius 2 is 1.97 bits per heavy atom. The van der Waals surface area contributed by atoms with E-state index in [2.05, 4.69) is 25.5 Å². The van der Waals surface area contributed by atoms with Crippen molar-refractivity contribution in [2.75, 3.05) is 11.9 Å². The standard InChI is InChI=1S/C20H19N7O2/c1-26-17-16(21-7-8-22-17)14-9-20(10-14,19(26)29)24-18(28)15-11-23-27(25-15)12-13-5-3-2-4-6-13/h2-8,11,14H,9-10,12H2,1H3,(H,24,28). The van der Waals surface area contributed by atoms with Gasteiger partial charge < -0.3 is 5.32 Å². The Kier molecular flexibility index (Phi) is 3.90. The van der Waals surface area contributed by atoms with Gasteiger partial charge >= 0.3 is 0 Å². The molecule has 2 bridgehead atoms. The minimum atomic E-state index is -0.956. The molecule has 3 aromatic rings. The Hall–Kier alpha value is -3.62. The van der Waals surface area contributed by atoms with Crippen molar-refractivity contribution in [2.24, 2.45) is 0 Å². The first kappa shape index (κ1) is 17.5. The Labute approximate surface area is 166 Å². The fourth-order valence-corrected chi connectivity index (χ4v) is 4.12. The summed E-state index contributed by atoms with van der Waals surface area (Å²) in [6.07, 6.45) is 5.64. The number of nitrogens with one attached hydrogen (secondary N) is 1. The van der Waals surface area contributed by atoms with E-state index >= 15 is 0 Å². The molecular weight excluding hydrogens is 370 g/mol. The van der Waals surface area contributed by atoms with Crippen molar-refractivity contribution in [2.45, 2.75) is 30.8 Å². The SMILES string of the molecule is CN1C(=O)C2(NC(=O)c3cnn(Cc4ccccc4)n3)CC(C2)c2nccnc21. The Balaban J connectivity index is 1.34. The van der Waals surface area contributed by atoms with Crippen LogP contribution in [-0.4, -0.2) is 49.4 Å². The van der Waals surface area contributed by atoms with Gasteiger partial charge in [-0.2, -0.15) is 9.90 Å². The van der Waals surface area contributed by atoms with E-state index < -0.39 is 11.4 Å². The first-order valence-corrected chi connectivity index (χ1v) is 9.41. The fraction of sp³-hybridized carbons (Fsp3) is 0.300. The first-order valence-electron chi connectivity index (χ1n) is 9.41. The van der Waals surface area contributed by atoms with Crippen molar-refractivity contribution < 1.29 is 9.59 Å². The van der Waals surface area contributed by atoms with Gasteiger partial charge in [-0.25, -0.2) is 4.98 Å². The van der Waals surface area contributed by atoms with Crippen molar-refractivity contribution in [3.05, 3.63) is 65.9 Å². The molecule has 29 heavy (non-hydrogen) atoms. The van der Waals surface area contributed by atoms with Crippen LogP contribution in [0.15, 0.2) is 48.9 Å². The van der Waals surface area contributed by atoms with Crippen molar-refractivity contribution >= 4 is 17.6 Å². The molecule has 6 rings (SSSR count). The lowest BCUT2D eigenvalue weighted by atomic mass is 9.67. The van der Waals surface area contributed by atoms with Gasteiger partial charge in [0.15, 0.2) is 11.5 Å². The lowest BCUT2D eigenvalue weighted by Crippen LogP contribution is -2.64. The topological polar surface area (TPSA) is 106 Å². The molecule has 2 amide bonds. The largest absolute Gasteiger partial charge is 0.336 e. The maximum atomic E-state index is 13.1. The van der Waals surface area contributed by atoms with Crippen LogP contribution in [-0.2, 0) is 11.3 Å². The van der Waals surface area contributed by atoms with E-state index in [-0.39, 0.29) is 17.5 Å². The second-order valence-electron chi connectivity index (χ2n) is 7.52. The number of nitrogens with zero attached hydrogens (tertiary/aromatic N) is 6. The van der Waals surface area contributed by atoms with Crippen molar-refractivity contribution in [1.82, 2.24) is 30.3 Å². The second-order valence-corrected chi connectivity index (χ2v) is 7.52. The van der Waals surface area contributed by atoms with Crippen molar-refractivity contribution in [3.63, 3.8) is 0 Å². The van der Waals surface area contributed by atoms with Crippen LogP contribution >= 0.6 is 0 Å². The van der Waals surface area contributed by atoms with Crippen LogP contribution < -0.4 is 10.2 Å². The van der Waals surface area contributed by atoms with Crippen LogP contribution in [0.5, 0.6) is 0 Å². The number of hydrogen-bond acceptors (Lipinski definition) is 6. The third-order valence-corrected chi connectivity index (χ3v) is 5.60. The molecule has 1 fully saturated rings. The molecule has 1 aliphatic carbocycles. The summed E-state index contributed by atoms with van der Waals surface area (Å²) in [6, 6.07) is 9.75. The lowest BCUT2D eigenvalue weighted by Gasteiger charge is -2.44. The number of anilines is 1. The number of benzene rings is 1. The maximum absolute atomic E-state index is 13.1. The molecule has 2 aromatic heterocycles. The molecule has 0 radical (unpaired) electrons. The summed E-state index contributed by atoms with van der Waals surface area (Å²) >= 11 is 0. The van der Waals surface area contributed by atoms with Gasteiger partial charge in [-0.1, -0.05) is 30.3 Å². The number of carbonyl (C=O) groups is 2. The number of rotatable bonds is 4. The van der Waals surface area contributed by atoms with E-state index in [0.29, 0.717) is 25.2 Å². The van der Waals surface area contributed by atoms with Gasteiger partial charge in [0, 0.05) is 25.4 Å². The molecular formula is C20H19N7O2. The first-order chi connectivity index (χ1) is 14.1. The Bertz CT molecular complexity index is 1090. The summed E-state index contributed by atoms with van der Waals surface area (Å²) in [5, 5.41) is 11.4. The van der Waals surface area contributed by atoms with E-state index in [1.807, 2.05) is 30.3 Å². The molecule has 146 valence electrons. The summed E-state index contributed by atoms with van der Waals surface area (Å²) in [4.78, 5) is 37.6. The van der Waals surface area contributed by atoms with E-state index in [1.54, 1.807) is 19.4 Å². The summed E-state index contributed by atoms with van der Waals surface area (Å²) in [5.41, 5.74) is 1.07. The van der Waals surface area contributed by atoms with Gasteiger partial charge in [-0.05, 0) is 18.4 Å². The number of likely N-dealkylation sites (N-methyl/N-ethyl adjacent to an activating group) is 1. The average Bonchev–Trinajstić information content (AvgIpc) is 3.13. The fourth-order valence-electron chi connectivity index (χ4n) is 4.12. The van der Waals surface area contributed by atoms with Gasteiger partial charge in [0.1, 0.15) is 5.54 Å². The summed E-state index contributed by atoms with van der Waals surface area (Å²) in [6.45, 7) is 0.468. The third kappa shape index (κ3) is 2.86. The predicted octanol–water partition coefficient (Wildman–Crippen LogP) is 1.14. The Morgan fingerprint density at radius 1 is 1.21 bits per heavy atom. The highest BCUT2D eigenvalue weighted by molar-refractivity contribution is 6.06. The van der Waals surface area contributed by atoms with E-state index in [1.165, 1.54) is 15.9 Å². The highest BCUT2D eigenvalue weighted by Gasteiger charge is 2.57. The van der Waals surface area contributed by atoms with Gasteiger partial charge in [0.25, 0.3) is 11.8 Å². The zero-order valence-corrected chi connectivity index (χ0v) is 15.8. The van der Waals surface area contributed by atoms with Gasteiger partial charge in [-0.15, -0.1) is 5.10 Å². The average molecular weight is 389 g/mol. The van der Waals surface area contributed by atoms with Crippen LogP contribution in [0, 0.1) is 0 Å². The summed E-state index contributed by atoms with van der Waals surface area (Å²) in [5.74, 6) is 0.0704. The zero-order valence-electron chi connectivity index (χ0n) is 15.8. The van der Waals surface area contributed by atoms with Crippen LogP contribution in [0.25, 0.3) is 0 Å². The maximum Gasteiger partial charge on any atom is 0.274 e. The summed E-state index contributed by atoms with van der Waals surface area (Å²) in [7, 11) is 1.67. The van der Waals surface area contributed by atoms with Crippen LogP contribution in [0.1, 0.15) is 40.5 Å². The molecule has 9 nitrogen and oxygen atoms in total. The highest BCUT2D eigenvalue weighted by Crippen LogP contribution is 2.50. The monoisotopic (exact) mass is 389 g/mol.